The van der Waals surface area contributed by atoms with E-state index in [1.165, 1.54) is 0 Å². The second-order valence-corrected chi connectivity index (χ2v) is 19.6. The Morgan fingerprint density at radius 1 is 0.935 bits per heavy atom. The zero-order valence-electron chi connectivity index (χ0n) is 26.6. The van der Waals surface area contributed by atoms with Crippen molar-refractivity contribution in [2.75, 3.05) is 19.0 Å². The third-order valence-corrected chi connectivity index (χ3v) is 16.2. The maximum Gasteiger partial charge on any atom is 0.261 e. The first kappa shape index (κ1) is 32.1. The molecule has 2 aliphatic heterocycles. The van der Waals surface area contributed by atoms with Crippen LogP contribution in [-0.4, -0.2) is 57.1 Å². The number of aromatic hydroxyl groups is 1. The van der Waals surface area contributed by atoms with Gasteiger partial charge in [0.15, 0.2) is 9.84 Å². The van der Waals surface area contributed by atoms with E-state index in [1.807, 2.05) is 48.5 Å². The van der Waals surface area contributed by atoms with Crippen molar-refractivity contribution in [3.8, 4) is 5.75 Å². The number of hydrogen-bond acceptors (Lipinski definition) is 6. The first-order valence-corrected chi connectivity index (χ1v) is 19.4. The molecule has 3 heterocycles. The lowest BCUT2D eigenvalue weighted by molar-refractivity contribution is 0.118. The monoisotopic (exact) mass is 651 g/mol. The molecule has 3 aromatic carbocycles. The van der Waals surface area contributed by atoms with Crippen LogP contribution in [0.25, 0.3) is 11.6 Å². The molecule has 8 heteroatoms. The molecular weight excluding hydrogens is 611 g/mol. The van der Waals surface area contributed by atoms with E-state index in [1.54, 1.807) is 18.3 Å². The molecule has 4 aromatic rings. The van der Waals surface area contributed by atoms with Crippen LogP contribution < -0.4 is 10.4 Å². The molecule has 1 fully saturated rings. The quantitative estimate of drug-likeness (QED) is 0.163. The molecule has 0 aliphatic carbocycles. The van der Waals surface area contributed by atoms with E-state index in [0.717, 1.165) is 32.8 Å². The molecule has 0 bridgehead atoms. The van der Waals surface area contributed by atoms with Crippen molar-refractivity contribution >= 4 is 40.2 Å². The summed E-state index contributed by atoms with van der Waals surface area (Å²) >= 11 is 0. The van der Waals surface area contributed by atoms with Crippen LogP contribution in [0.5, 0.6) is 5.75 Å². The molecule has 1 aromatic heterocycles. The number of phenols is 1. The van der Waals surface area contributed by atoms with Gasteiger partial charge in [-0.05, 0) is 69.2 Å². The van der Waals surface area contributed by atoms with E-state index in [9.17, 15) is 13.5 Å². The summed E-state index contributed by atoms with van der Waals surface area (Å²) in [4.78, 5) is 4.58. The van der Waals surface area contributed by atoms with Crippen LogP contribution in [0.2, 0.25) is 5.04 Å². The van der Waals surface area contributed by atoms with Gasteiger partial charge in [-0.1, -0.05) is 106 Å². The zero-order chi connectivity index (χ0) is 32.4. The Labute approximate surface area is 273 Å². The fraction of sp³-hybridized carbons (Fsp3) is 0.289. The van der Waals surface area contributed by atoms with Crippen molar-refractivity contribution in [3.05, 3.63) is 132 Å². The van der Waals surface area contributed by atoms with Gasteiger partial charge in [0.05, 0.1) is 30.8 Å². The zero-order valence-corrected chi connectivity index (χ0v) is 28.4. The third kappa shape index (κ3) is 6.27. The second-order valence-electron chi connectivity index (χ2n) is 13.1. The van der Waals surface area contributed by atoms with E-state index >= 15 is 0 Å². The Balaban J connectivity index is 1.34. The van der Waals surface area contributed by atoms with Gasteiger partial charge in [0.2, 0.25) is 0 Å². The van der Waals surface area contributed by atoms with Crippen molar-refractivity contribution in [1.29, 1.82) is 0 Å². The maximum absolute atomic E-state index is 13.5. The molecule has 238 valence electrons. The van der Waals surface area contributed by atoms with Gasteiger partial charge in [-0.2, -0.15) is 0 Å². The lowest BCUT2D eigenvalue weighted by atomic mass is 9.95. The van der Waals surface area contributed by atoms with Gasteiger partial charge >= 0.3 is 0 Å². The van der Waals surface area contributed by atoms with Crippen molar-refractivity contribution in [1.82, 2.24) is 4.98 Å². The SMILES string of the molecule is CC(C)(C)[Si](OCC1=C2[C@@H](CC/C(=C/c3ccccc3O)c3ccccn3)OC[C@@H]2S(=O)(=O)C1)(c1ccccc1)c1ccccc1. The van der Waals surface area contributed by atoms with E-state index in [-0.39, 0.29) is 35.9 Å². The van der Waals surface area contributed by atoms with E-state index in [4.69, 9.17) is 9.16 Å². The Morgan fingerprint density at radius 3 is 2.17 bits per heavy atom. The first-order valence-electron chi connectivity index (χ1n) is 15.8. The lowest BCUT2D eigenvalue weighted by Crippen LogP contribution is -2.66. The van der Waals surface area contributed by atoms with Crippen LogP contribution in [0.3, 0.4) is 0 Å². The molecule has 6 nitrogen and oxygen atoms in total. The molecule has 0 radical (unpaired) electrons. The summed E-state index contributed by atoms with van der Waals surface area (Å²) < 4.78 is 40.4. The van der Waals surface area contributed by atoms with Gasteiger partial charge in [0, 0.05) is 11.8 Å². The Morgan fingerprint density at radius 2 is 1.57 bits per heavy atom. The van der Waals surface area contributed by atoms with Crippen molar-refractivity contribution in [2.24, 2.45) is 0 Å². The average Bonchev–Trinajstić information content (AvgIpc) is 3.60. The Hall–Kier alpha value is -3.82. The number of ether oxygens (including phenoxy) is 1. The molecule has 6 rings (SSSR count). The highest BCUT2D eigenvalue weighted by atomic mass is 32.2. The predicted molar refractivity (Wildman–Crippen MR) is 187 cm³/mol. The van der Waals surface area contributed by atoms with Gasteiger partial charge in [-0.3, -0.25) is 4.98 Å². The fourth-order valence-electron chi connectivity index (χ4n) is 7.00. The number of allylic oxidation sites excluding steroid dienone is 1. The number of para-hydroxylation sites is 1. The summed E-state index contributed by atoms with van der Waals surface area (Å²) in [5.74, 6) is 0.187. The number of aromatic nitrogens is 1. The summed E-state index contributed by atoms with van der Waals surface area (Å²) in [6, 6.07) is 33.8. The third-order valence-electron chi connectivity index (χ3n) is 9.18. The molecular formula is C38H41NO5SSi. The molecule has 1 saturated heterocycles. The fourth-order valence-corrected chi connectivity index (χ4v) is 13.5. The number of hydrogen-bond donors (Lipinski definition) is 1. The molecule has 0 amide bonds. The minimum absolute atomic E-state index is 0.00805. The smallest absolute Gasteiger partial charge is 0.261 e. The highest BCUT2D eigenvalue weighted by Gasteiger charge is 2.52. The number of phenolic OH excluding ortho intramolecular Hbond substituents is 1. The van der Waals surface area contributed by atoms with Gasteiger partial charge in [-0.15, -0.1) is 0 Å². The predicted octanol–water partition coefficient (Wildman–Crippen LogP) is 6.18. The van der Waals surface area contributed by atoms with E-state index in [2.05, 4.69) is 74.3 Å². The van der Waals surface area contributed by atoms with Gasteiger partial charge < -0.3 is 14.3 Å². The first-order chi connectivity index (χ1) is 22.1. The Kier molecular flexibility index (Phi) is 9.16. The highest BCUT2D eigenvalue weighted by molar-refractivity contribution is 7.92. The molecule has 0 saturated carbocycles. The summed E-state index contributed by atoms with van der Waals surface area (Å²) in [6.45, 7) is 7.07. The Bertz CT molecular complexity index is 1790. The van der Waals surface area contributed by atoms with E-state index < -0.39 is 23.4 Å². The topological polar surface area (TPSA) is 85.7 Å². The van der Waals surface area contributed by atoms with Crippen molar-refractivity contribution in [3.63, 3.8) is 0 Å². The number of rotatable bonds is 10. The van der Waals surface area contributed by atoms with Gasteiger partial charge in [0.25, 0.3) is 8.32 Å². The molecule has 2 aliphatic rings. The van der Waals surface area contributed by atoms with Crippen LogP contribution in [0.1, 0.15) is 44.9 Å². The number of nitrogens with zero attached hydrogens (tertiary/aromatic N) is 1. The molecule has 1 N–H and O–H groups in total. The van der Waals surface area contributed by atoms with Crippen LogP contribution in [0.4, 0.5) is 0 Å². The normalized spacial score (nSPS) is 19.8. The minimum Gasteiger partial charge on any atom is -0.507 e. The van der Waals surface area contributed by atoms with Crippen LogP contribution in [0.15, 0.2) is 120 Å². The van der Waals surface area contributed by atoms with Crippen LogP contribution in [-0.2, 0) is 19.0 Å². The molecule has 0 unspecified atom stereocenters. The van der Waals surface area contributed by atoms with Gasteiger partial charge in [0.1, 0.15) is 11.0 Å². The number of sulfone groups is 1. The lowest BCUT2D eigenvalue weighted by Gasteiger charge is -2.43. The number of fused-ring (bicyclic) bond motifs is 1. The summed E-state index contributed by atoms with van der Waals surface area (Å²) in [7, 11) is -6.28. The minimum atomic E-state index is -3.41. The second kappa shape index (κ2) is 13.1. The van der Waals surface area contributed by atoms with Crippen LogP contribution >= 0.6 is 0 Å². The van der Waals surface area contributed by atoms with Crippen LogP contribution in [0, 0.1) is 0 Å². The summed E-state index contributed by atoms with van der Waals surface area (Å²) in [5, 5.41) is 11.9. The molecule has 2 atom stereocenters. The average molecular weight is 652 g/mol. The van der Waals surface area contributed by atoms with Crippen molar-refractivity contribution in [2.45, 2.75) is 50.0 Å². The molecule has 0 spiro atoms. The molecule has 46 heavy (non-hydrogen) atoms. The standard InChI is InChI=1S/C38H41NO5SSi/c1-38(2,3)46(31-15-6-4-7-16-31,32-17-8-5-9-18-32)44-25-30-27-45(41,42)36-26-43-35(37(30)36)22-21-28(33-19-12-13-23-39-33)24-29-14-10-11-20-34(29)40/h4-20,23-24,35-36,40H,21-22,25-27H2,1-3H3/b28-24-/t35-,36+/m1/s1. The summed E-state index contributed by atoms with van der Waals surface area (Å²) in [5.41, 5.74) is 4.14. The highest BCUT2D eigenvalue weighted by Crippen LogP contribution is 2.42. The summed E-state index contributed by atoms with van der Waals surface area (Å²) in [6.07, 6.45) is 4.53. The maximum atomic E-state index is 13.5. The van der Waals surface area contributed by atoms with Gasteiger partial charge in [-0.25, -0.2) is 8.42 Å². The van der Waals surface area contributed by atoms with E-state index in [0.29, 0.717) is 18.4 Å². The largest absolute Gasteiger partial charge is 0.507 e. The van der Waals surface area contributed by atoms with Crippen molar-refractivity contribution < 1.29 is 22.7 Å². The number of pyridine rings is 1. The number of benzene rings is 3.